The van der Waals surface area contributed by atoms with E-state index in [-0.39, 0.29) is 5.41 Å². The average molecular weight is 381 g/mol. The third kappa shape index (κ3) is 4.67. The fraction of sp³-hybridized carbons (Fsp3) is 0.538. The van der Waals surface area contributed by atoms with Gasteiger partial charge in [-0.25, -0.2) is 0 Å². The van der Waals surface area contributed by atoms with Crippen molar-refractivity contribution < 1.29 is 0 Å². The van der Waals surface area contributed by atoms with Crippen LogP contribution in [-0.4, -0.2) is 31.1 Å². The molecule has 0 aromatic heterocycles. The van der Waals surface area contributed by atoms with Gasteiger partial charge >= 0.3 is 0 Å². The van der Waals surface area contributed by atoms with E-state index in [9.17, 15) is 0 Å². The van der Waals surface area contributed by atoms with Gasteiger partial charge in [0.25, 0.3) is 0 Å². The zero-order valence-electron chi connectivity index (χ0n) is 18.5. The minimum atomic E-state index is 0.211. The molecule has 0 radical (unpaired) electrons. The molecule has 1 heterocycles. The number of likely N-dealkylation sites (tertiary alicyclic amines) is 1. The van der Waals surface area contributed by atoms with Gasteiger partial charge in [-0.2, -0.15) is 0 Å². The molecule has 0 amide bonds. The van der Waals surface area contributed by atoms with E-state index in [1.165, 1.54) is 38.8 Å². The van der Waals surface area contributed by atoms with E-state index in [2.05, 4.69) is 53.4 Å². The molecule has 1 fully saturated rings. The minimum Gasteiger partial charge on any atom is -0.330 e. The maximum Gasteiger partial charge on any atom is 0.0232 e. The Balaban J connectivity index is 0.000000660. The highest BCUT2D eigenvalue weighted by atomic mass is 15.1. The number of piperidine rings is 1. The van der Waals surface area contributed by atoms with Gasteiger partial charge in [-0.1, -0.05) is 76.2 Å². The molecule has 0 bridgehead atoms. The van der Waals surface area contributed by atoms with Gasteiger partial charge in [0.15, 0.2) is 0 Å². The van der Waals surface area contributed by atoms with Crippen molar-refractivity contribution in [3.63, 3.8) is 0 Å². The first-order valence-electron chi connectivity index (χ1n) is 11.4. The van der Waals surface area contributed by atoms with Gasteiger partial charge in [0.05, 0.1) is 0 Å². The summed E-state index contributed by atoms with van der Waals surface area (Å²) in [6.45, 7) is 12.3. The van der Waals surface area contributed by atoms with Crippen LogP contribution in [0.5, 0.6) is 0 Å². The van der Waals surface area contributed by atoms with Crippen LogP contribution in [0.3, 0.4) is 0 Å². The molecule has 0 saturated carbocycles. The minimum absolute atomic E-state index is 0.211. The maximum absolute atomic E-state index is 5.70. The highest BCUT2D eigenvalue weighted by molar-refractivity contribution is 5.50. The molecule has 4 rings (SSSR count). The highest BCUT2D eigenvalue weighted by Crippen LogP contribution is 2.46. The van der Waals surface area contributed by atoms with E-state index in [0.29, 0.717) is 0 Å². The van der Waals surface area contributed by atoms with Crippen LogP contribution in [0.4, 0.5) is 0 Å². The van der Waals surface area contributed by atoms with Gasteiger partial charge in [-0.3, -0.25) is 0 Å². The molecule has 2 aromatic carbocycles. The molecule has 2 heteroatoms. The first-order valence-corrected chi connectivity index (χ1v) is 11.4. The summed E-state index contributed by atoms with van der Waals surface area (Å²) in [5, 5.41) is 0. The Bertz CT molecular complexity index is 650. The average Bonchev–Trinajstić information content (AvgIpc) is 2.92. The van der Waals surface area contributed by atoms with Crippen molar-refractivity contribution in [2.75, 3.05) is 26.2 Å². The maximum atomic E-state index is 5.70. The van der Waals surface area contributed by atoms with Crippen molar-refractivity contribution in [2.45, 2.75) is 65.2 Å². The monoisotopic (exact) mass is 380 g/mol. The van der Waals surface area contributed by atoms with E-state index in [0.717, 1.165) is 19.5 Å². The van der Waals surface area contributed by atoms with Gasteiger partial charge in [-0.05, 0) is 80.5 Å². The Morgan fingerprint density at radius 2 is 1.25 bits per heavy atom. The Labute approximate surface area is 173 Å². The van der Waals surface area contributed by atoms with Crippen molar-refractivity contribution in [3.05, 3.63) is 70.8 Å². The molecule has 2 nitrogen and oxygen atoms in total. The molecule has 1 saturated heterocycles. The molecule has 0 atom stereocenters. The zero-order chi connectivity index (χ0) is 20.4. The SMILES string of the molecule is CC.CC.NCCCN1CCC2(CC1)c1ccccc1CCc1ccccc12. The van der Waals surface area contributed by atoms with Crippen LogP contribution in [-0.2, 0) is 18.3 Å². The summed E-state index contributed by atoms with van der Waals surface area (Å²) >= 11 is 0. The lowest BCUT2D eigenvalue weighted by Gasteiger charge is -2.43. The third-order valence-corrected chi connectivity index (χ3v) is 6.12. The fourth-order valence-electron chi connectivity index (χ4n) is 4.84. The molecule has 0 unspecified atom stereocenters. The number of rotatable bonds is 3. The number of fused-ring (bicyclic) bond motifs is 4. The van der Waals surface area contributed by atoms with Crippen LogP contribution >= 0.6 is 0 Å². The molecule has 2 aromatic rings. The predicted octanol–water partition coefficient (Wildman–Crippen LogP) is 5.57. The highest BCUT2D eigenvalue weighted by Gasteiger charge is 2.41. The zero-order valence-corrected chi connectivity index (χ0v) is 18.5. The molecule has 1 aliphatic carbocycles. The summed E-state index contributed by atoms with van der Waals surface area (Å²) in [4.78, 5) is 2.61. The topological polar surface area (TPSA) is 29.3 Å². The number of nitrogens with two attached hydrogens (primary N) is 1. The molecule has 28 heavy (non-hydrogen) atoms. The van der Waals surface area contributed by atoms with Crippen molar-refractivity contribution in [3.8, 4) is 0 Å². The smallest absolute Gasteiger partial charge is 0.0232 e. The van der Waals surface area contributed by atoms with E-state index in [1.54, 1.807) is 22.3 Å². The van der Waals surface area contributed by atoms with Gasteiger partial charge in [0, 0.05) is 5.41 Å². The fourth-order valence-corrected chi connectivity index (χ4v) is 4.84. The third-order valence-electron chi connectivity index (χ3n) is 6.12. The Hall–Kier alpha value is -1.64. The molecule has 2 aliphatic rings. The molecular weight excluding hydrogens is 340 g/mol. The Kier molecular flexibility index (Phi) is 9.21. The largest absolute Gasteiger partial charge is 0.330 e. The lowest BCUT2D eigenvalue weighted by atomic mass is 9.66. The van der Waals surface area contributed by atoms with Gasteiger partial charge in [0.2, 0.25) is 0 Å². The van der Waals surface area contributed by atoms with Gasteiger partial charge in [-0.15, -0.1) is 0 Å². The van der Waals surface area contributed by atoms with E-state index < -0.39 is 0 Å². The Morgan fingerprint density at radius 3 is 1.71 bits per heavy atom. The summed E-state index contributed by atoms with van der Waals surface area (Å²) in [5.41, 5.74) is 12.2. The van der Waals surface area contributed by atoms with Crippen LogP contribution in [0.25, 0.3) is 0 Å². The number of hydrogen-bond donors (Lipinski definition) is 1. The number of hydrogen-bond acceptors (Lipinski definition) is 2. The normalized spacial score (nSPS) is 17.2. The quantitative estimate of drug-likeness (QED) is 0.754. The van der Waals surface area contributed by atoms with Crippen LogP contribution in [0, 0.1) is 0 Å². The number of benzene rings is 2. The second kappa shape index (κ2) is 11.4. The first-order chi connectivity index (χ1) is 13.8. The lowest BCUT2D eigenvalue weighted by Crippen LogP contribution is -2.44. The van der Waals surface area contributed by atoms with Crippen LogP contribution in [0.1, 0.15) is 69.2 Å². The molecule has 2 N–H and O–H groups in total. The van der Waals surface area contributed by atoms with Crippen LogP contribution < -0.4 is 5.73 Å². The molecule has 154 valence electrons. The van der Waals surface area contributed by atoms with Crippen molar-refractivity contribution >= 4 is 0 Å². The molecule has 1 aliphatic heterocycles. The predicted molar refractivity (Wildman–Crippen MR) is 123 cm³/mol. The van der Waals surface area contributed by atoms with Gasteiger partial charge in [0.1, 0.15) is 0 Å². The van der Waals surface area contributed by atoms with Crippen LogP contribution in [0.15, 0.2) is 48.5 Å². The lowest BCUT2D eigenvalue weighted by molar-refractivity contribution is 0.178. The van der Waals surface area contributed by atoms with Crippen molar-refractivity contribution in [1.82, 2.24) is 4.90 Å². The summed E-state index contributed by atoms with van der Waals surface area (Å²) in [6.07, 6.45) is 5.91. The van der Waals surface area contributed by atoms with E-state index in [4.69, 9.17) is 5.73 Å². The standard InChI is InChI=1S/C22H28N2.2C2H6/c23-14-5-15-24-16-12-22(13-17-24)20-8-3-1-6-18(20)10-11-19-7-2-4-9-21(19)22;2*1-2/h1-4,6-9H,5,10-17,23H2;2*1-2H3. The second-order valence-corrected chi connectivity index (χ2v) is 7.38. The van der Waals surface area contributed by atoms with Crippen molar-refractivity contribution in [1.29, 1.82) is 0 Å². The van der Waals surface area contributed by atoms with Gasteiger partial charge < -0.3 is 10.6 Å². The second-order valence-electron chi connectivity index (χ2n) is 7.38. The van der Waals surface area contributed by atoms with Crippen LogP contribution in [0.2, 0.25) is 0 Å². The van der Waals surface area contributed by atoms with E-state index >= 15 is 0 Å². The first kappa shape index (κ1) is 22.6. The summed E-state index contributed by atoms with van der Waals surface area (Å²) in [5.74, 6) is 0. The van der Waals surface area contributed by atoms with Crippen molar-refractivity contribution in [2.24, 2.45) is 5.73 Å². The Morgan fingerprint density at radius 1 is 0.786 bits per heavy atom. The summed E-state index contributed by atoms with van der Waals surface area (Å²) < 4.78 is 0. The summed E-state index contributed by atoms with van der Waals surface area (Å²) in [7, 11) is 0. The van der Waals surface area contributed by atoms with E-state index in [1.807, 2.05) is 27.7 Å². The summed E-state index contributed by atoms with van der Waals surface area (Å²) in [6, 6.07) is 18.4. The molecule has 1 spiro atoms. The number of aryl methyl sites for hydroxylation is 2. The molecular formula is C26H40N2. The number of nitrogens with zero attached hydrogens (tertiary/aromatic N) is 1.